The van der Waals surface area contributed by atoms with E-state index in [0.717, 1.165) is 31.8 Å². The van der Waals surface area contributed by atoms with Crippen molar-refractivity contribution in [3.8, 4) is 0 Å². The second-order valence-corrected chi connectivity index (χ2v) is 5.50. The van der Waals surface area contributed by atoms with Crippen molar-refractivity contribution in [3.63, 3.8) is 0 Å². The number of piperidine rings is 1. The van der Waals surface area contributed by atoms with Crippen LogP contribution >= 0.6 is 11.6 Å². The highest BCUT2D eigenvalue weighted by molar-refractivity contribution is 6.33. The molecule has 2 aromatic heterocycles. The minimum absolute atomic E-state index is 0.100. The fraction of sp³-hybridized carbons (Fsp3) is 0.357. The fourth-order valence-corrected chi connectivity index (χ4v) is 2.96. The lowest BCUT2D eigenvalue weighted by atomic mass is 9.97. The van der Waals surface area contributed by atoms with Crippen molar-refractivity contribution < 1.29 is 9.90 Å². The van der Waals surface area contributed by atoms with Crippen molar-refractivity contribution in [2.45, 2.75) is 18.8 Å². The highest BCUT2D eigenvalue weighted by Crippen LogP contribution is 2.31. The molecule has 1 aliphatic heterocycles. The van der Waals surface area contributed by atoms with E-state index in [-0.39, 0.29) is 5.56 Å². The largest absolute Gasteiger partial charge is 0.478 e. The number of carbonyl (C=O) groups is 1. The topological polar surface area (TPSA) is 82.1 Å². The van der Waals surface area contributed by atoms with Gasteiger partial charge in [0.25, 0.3) is 0 Å². The number of halogens is 1. The van der Waals surface area contributed by atoms with Gasteiger partial charge in [-0.3, -0.25) is 0 Å². The van der Waals surface area contributed by atoms with Crippen molar-refractivity contribution in [2.75, 3.05) is 18.0 Å². The zero-order valence-corrected chi connectivity index (χ0v) is 12.0. The van der Waals surface area contributed by atoms with Gasteiger partial charge < -0.3 is 15.0 Å². The molecular weight excluding hydrogens is 292 g/mol. The van der Waals surface area contributed by atoms with E-state index in [0.29, 0.717) is 16.8 Å². The molecule has 0 aliphatic carbocycles. The first-order valence-electron chi connectivity index (χ1n) is 6.78. The van der Waals surface area contributed by atoms with Crippen molar-refractivity contribution in [2.24, 2.45) is 0 Å². The summed E-state index contributed by atoms with van der Waals surface area (Å²) in [7, 11) is 0. The van der Waals surface area contributed by atoms with Gasteiger partial charge in [-0.1, -0.05) is 11.6 Å². The van der Waals surface area contributed by atoms with Gasteiger partial charge in [-0.2, -0.15) is 0 Å². The number of aromatic amines is 1. The number of imidazole rings is 1. The number of H-pyrrole nitrogens is 1. The van der Waals surface area contributed by atoms with Gasteiger partial charge in [-0.25, -0.2) is 14.8 Å². The number of aromatic carboxylic acids is 1. The van der Waals surface area contributed by atoms with Gasteiger partial charge in [-0.15, -0.1) is 0 Å². The van der Waals surface area contributed by atoms with Crippen LogP contribution in [0.4, 0.5) is 5.82 Å². The molecule has 1 saturated heterocycles. The molecule has 110 valence electrons. The van der Waals surface area contributed by atoms with Gasteiger partial charge in [0.2, 0.25) is 0 Å². The van der Waals surface area contributed by atoms with E-state index >= 15 is 0 Å². The number of hydrogen-bond donors (Lipinski definition) is 2. The smallest absolute Gasteiger partial charge is 0.337 e. The fourth-order valence-electron chi connectivity index (χ4n) is 2.67. The standard InChI is InChI=1S/C14H15ClN4O2/c15-11-6-10(14(20)21)7-18-13(11)19-5-1-2-9(8-19)12-16-3-4-17-12/h3-4,6-7,9H,1-2,5,8H2,(H,16,17)(H,20,21)/t9-/m0/s1. The first-order chi connectivity index (χ1) is 10.1. The number of rotatable bonds is 3. The Morgan fingerprint density at radius 3 is 3.00 bits per heavy atom. The Morgan fingerprint density at radius 2 is 2.33 bits per heavy atom. The molecule has 0 amide bonds. The molecule has 3 heterocycles. The Bertz CT molecular complexity index is 644. The van der Waals surface area contributed by atoms with E-state index in [1.165, 1.54) is 12.3 Å². The maximum absolute atomic E-state index is 10.9. The van der Waals surface area contributed by atoms with Crippen molar-refractivity contribution >= 4 is 23.4 Å². The molecule has 0 radical (unpaired) electrons. The van der Waals surface area contributed by atoms with Crippen LogP contribution in [0.15, 0.2) is 24.7 Å². The van der Waals surface area contributed by atoms with Crippen LogP contribution in [0.5, 0.6) is 0 Å². The molecule has 0 aromatic carbocycles. The third-order valence-electron chi connectivity index (χ3n) is 3.70. The van der Waals surface area contributed by atoms with Gasteiger partial charge in [-0.05, 0) is 18.9 Å². The molecule has 2 aromatic rings. The maximum atomic E-state index is 10.9. The van der Waals surface area contributed by atoms with E-state index in [2.05, 4.69) is 19.9 Å². The van der Waals surface area contributed by atoms with Crippen LogP contribution in [0.25, 0.3) is 0 Å². The lowest BCUT2D eigenvalue weighted by molar-refractivity contribution is 0.0696. The second kappa shape index (κ2) is 5.73. The summed E-state index contributed by atoms with van der Waals surface area (Å²) >= 11 is 6.19. The van der Waals surface area contributed by atoms with E-state index in [9.17, 15) is 4.79 Å². The number of nitrogens with zero attached hydrogens (tertiary/aromatic N) is 3. The summed E-state index contributed by atoms with van der Waals surface area (Å²) in [5.74, 6) is 0.893. The molecule has 3 rings (SSSR count). The number of carboxylic acids is 1. The molecule has 6 nitrogen and oxygen atoms in total. The normalized spacial score (nSPS) is 18.7. The molecule has 1 fully saturated rings. The van der Waals surface area contributed by atoms with Crippen LogP contribution in [0.1, 0.15) is 34.9 Å². The Morgan fingerprint density at radius 1 is 1.48 bits per heavy atom. The lowest BCUT2D eigenvalue weighted by Gasteiger charge is -2.33. The molecule has 0 bridgehead atoms. The highest BCUT2D eigenvalue weighted by Gasteiger charge is 2.25. The van der Waals surface area contributed by atoms with Crippen LogP contribution < -0.4 is 4.90 Å². The summed E-state index contributed by atoms with van der Waals surface area (Å²) in [6, 6.07) is 1.45. The third-order valence-corrected chi connectivity index (χ3v) is 3.97. The van der Waals surface area contributed by atoms with Crippen LogP contribution in [-0.4, -0.2) is 39.1 Å². The first-order valence-corrected chi connectivity index (χ1v) is 7.16. The summed E-state index contributed by atoms with van der Waals surface area (Å²) in [5.41, 5.74) is 0.100. The molecule has 2 N–H and O–H groups in total. The average Bonchev–Trinajstić information content (AvgIpc) is 3.01. The van der Waals surface area contributed by atoms with Gasteiger partial charge in [0.1, 0.15) is 11.6 Å². The van der Waals surface area contributed by atoms with Crippen LogP contribution in [0.2, 0.25) is 5.02 Å². The van der Waals surface area contributed by atoms with Crippen molar-refractivity contribution in [1.82, 2.24) is 15.0 Å². The highest BCUT2D eigenvalue weighted by atomic mass is 35.5. The molecular formula is C14H15ClN4O2. The second-order valence-electron chi connectivity index (χ2n) is 5.09. The molecule has 1 atom stereocenters. The molecule has 0 saturated carbocycles. The first kappa shape index (κ1) is 13.9. The van der Waals surface area contributed by atoms with Gasteiger partial charge >= 0.3 is 5.97 Å². The zero-order chi connectivity index (χ0) is 14.8. The molecule has 7 heteroatoms. The number of hydrogen-bond acceptors (Lipinski definition) is 4. The van der Waals surface area contributed by atoms with E-state index in [1.807, 2.05) is 6.20 Å². The molecule has 1 aliphatic rings. The minimum atomic E-state index is -1.02. The van der Waals surface area contributed by atoms with E-state index < -0.39 is 5.97 Å². The Balaban J connectivity index is 1.82. The van der Waals surface area contributed by atoms with Crippen molar-refractivity contribution in [3.05, 3.63) is 41.1 Å². The van der Waals surface area contributed by atoms with Crippen LogP contribution in [0, 0.1) is 0 Å². The van der Waals surface area contributed by atoms with E-state index in [1.54, 1.807) is 6.20 Å². The SMILES string of the molecule is O=C(O)c1cnc(N2CCC[C@H](c3ncc[nH]3)C2)c(Cl)c1. The van der Waals surface area contributed by atoms with Gasteiger partial charge in [0.05, 0.1) is 10.6 Å². The van der Waals surface area contributed by atoms with Gasteiger partial charge in [0, 0.05) is 37.6 Å². The summed E-state index contributed by atoms with van der Waals surface area (Å²) in [6.07, 6.45) is 7.00. The maximum Gasteiger partial charge on any atom is 0.337 e. The Kier molecular flexibility index (Phi) is 3.79. The molecule has 21 heavy (non-hydrogen) atoms. The van der Waals surface area contributed by atoms with Crippen LogP contribution in [-0.2, 0) is 0 Å². The minimum Gasteiger partial charge on any atom is -0.478 e. The Labute approximate surface area is 126 Å². The predicted octanol–water partition coefficient (Wildman–Crippen LogP) is 2.54. The predicted molar refractivity (Wildman–Crippen MR) is 79.0 cm³/mol. The number of aromatic nitrogens is 3. The molecule has 0 spiro atoms. The lowest BCUT2D eigenvalue weighted by Crippen LogP contribution is -2.35. The summed E-state index contributed by atoms with van der Waals surface area (Å²) < 4.78 is 0. The quantitative estimate of drug-likeness (QED) is 0.910. The number of anilines is 1. The summed E-state index contributed by atoms with van der Waals surface area (Å²) in [4.78, 5) is 24.7. The summed E-state index contributed by atoms with van der Waals surface area (Å²) in [6.45, 7) is 1.63. The van der Waals surface area contributed by atoms with E-state index in [4.69, 9.17) is 16.7 Å². The number of pyridine rings is 1. The number of carboxylic acid groups (broad SMARTS) is 1. The third kappa shape index (κ3) is 2.85. The number of nitrogens with one attached hydrogen (secondary N) is 1. The summed E-state index contributed by atoms with van der Waals surface area (Å²) in [5, 5.41) is 9.32. The average molecular weight is 307 g/mol. The van der Waals surface area contributed by atoms with Gasteiger partial charge in [0.15, 0.2) is 0 Å². The van der Waals surface area contributed by atoms with Crippen LogP contribution in [0.3, 0.4) is 0 Å². The molecule has 0 unspecified atom stereocenters. The van der Waals surface area contributed by atoms with Crippen molar-refractivity contribution in [1.29, 1.82) is 0 Å². The Hall–Kier alpha value is -2.08. The zero-order valence-electron chi connectivity index (χ0n) is 11.3. The monoisotopic (exact) mass is 306 g/mol.